The highest BCUT2D eigenvalue weighted by molar-refractivity contribution is 5.41. The summed E-state index contributed by atoms with van der Waals surface area (Å²) in [4.78, 5) is 16.6. The van der Waals surface area contributed by atoms with E-state index in [1.54, 1.807) is 6.07 Å². The molecule has 5 heteroatoms. The van der Waals surface area contributed by atoms with Gasteiger partial charge in [0.15, 0.2) is 5.82 Å². The van der Waals surface area contributed by atoms with E-state index in [0.717, 1.165) is 37.6 Å². The molecule has 110 valence electrons. The summed E-state index contributed by atoms with van der Waals surface area (Å²) < 4.78 is 1.84. The van der Waals surface area contributed by atoms with Crippen LogP contribution in [0.2, 0.25) is 0 Å². The molecule has 1 fully saturated rings. The molecule has 0 aliphatic carbocycles. The van der Waals surface area contributed by atoms with Crippen molar-refractivity contribution in [1.29, 1.82) is 0 Å². The Morgan fingerprint density at radius 2 is 1.71 bits per heavy atom. The van der Waals surface area contributed by atoms with Gasteiger partial charge in [-0.2, -0.15) is 0 Å². The first-order valence-electron chi connectivity index (χ1n) is 7.25. The molecule has 0 atom stereocenters. The number of likely N-dealkylation sites (N-methyl/N-ethyl adjacent to an activating group) is 1. The third kappa shape index (κ3) is 2.83. The number of piperazine rings is 1. The Morgan fingerprint density at radius 1 is 1.05 bits per heavy atom. The second kappa shape index (κ2) is 5.69. The average molecular weight is 284 g/mol. The van der Waals surface area contributed by atoms with Gasteiger partial charge in [-0.3, -0.25) is 4.79 Å². The van der Waals surface area contributed by atoms with Crippen molar-refractivity contribution in [2.45, 2.75) is 6.92 Å². The van der Waals surface area contributed by atoms with Crippen molar-refractivity contribution in [3.63, 3.8) is 0 Å². The van der Waals surface area contributed by atoms with Crippen LogP contribution in [0, 0.1) is 6.92 Å². The number of nitrogens with zero attached hydrogens (tertiary/aromatic N) is 4. The van der Waals surface area contributed by atoms with Crippen molar-refractivity contribution < 1.29 is 0 Å². The Kier molecular flexibility index (Phi) is 3.75. The standard InChI is InChI=1S/C16H20N4O/c1-13-12-15(21)16(19-10-8-18(2)9-11-19)17-20(13)14-6-4-3-5-7-14/h3-7,12H,8-11H2,1-2H3. The van der Waals surface area contributed by atoms with Crippen LogP contribution < -0.4 is 10.3 Å². The zero-order valence-electron chi connectivity index (χ0n) is 12.5. The largest absolute Gasteiger partial charge is 0.349 e. The van der Waals surface area contributed by atoms with Crippen molar-refractivity contribution in [1.82, 2.24) is 14.7 Å². The minimum atomic E-state index is 0.00392. The summed E-state index contributed by atoms with van der Waals surface area (Å²) in [5.74, 6) is 0.553. The molecule has 0 N–H and O–H groups in total. The Morgan fingerprint density at radius 3 is 2.38 bits per heavy atom. The van der Waals surface area contributed by atoms with Gasteiger partial charge in [-0.15, -0.1) is 5.10 Å². The maximum absolute atomic E-state index is 12.3. The fourth-order valence-electron chi connectivity index (χ4n) is 2.61. The molecule has 0 radical (unpaired) electrons. The minimum absolute atomic E-state index is 0.00392. The number of hydrogen-bond donors (Lipinski definition) is 0. The second-order valence-electron chi connectivity index (χ2n) is 5.51. The van der Waals surface area contributed by atoms with Gasteiger partial charge in [0.25, 0.3) is 0 Å². The van der Waals surface area contributed by atoms with Gasteiger partial charge in [0.1, 0.15) is 0 Å². The average Bonchev–Trinajstić information content (AvgIpc) is 2.49. The van der Waals surface area contributed by atoms with Crippen LogP contribution in [-0.2, 0) is 0 Å². The van der Waals surface area contributed by atoms with Gasteiger partial charge in [0.2, 0.25) is 5.43 Å². The maximum Gasteiger partial charge on any atom is 0.224 e. The molecule has 1 aliphatic rings. The summed E-state index contributed by atoms with van der Waals surface area (Å²) in [5.41, 5.74) is 1.83. The zero-order chi connectivity index (χ0) is 14.8. The highest BCUT2D eigenvalue weighted by Crippen LogP contribution is 2.13. The smallest absolute Gasteiger partial charge is 0.224 e. The first kappa shape index (κ1) is 13.8. The molecule has 1 saturated heterocycles. The SMILES string of the molecule is Cc1cc(=O)c(N2CCN(C)CC2)nn1-c1ccccc1. The minimum Gasteiger partial charge on any atom is -0.349 e. The lowest BCUT2D eigenvalue weighted by Crippen LogP contribution is -2.46. The lowest BCUT2D eigenvalue weighted by Gasteiger charge is -2.33. The maximum atomic E-state index is 12.3. The predicted molar refractivity (Wildman–Crippen MR) is 84.3 cm³/mol. The van der Waals surface area contributed by atoms with E-state index in [0.29, 0.717) is 5.82 Å². The molecular weight excluding hydrogens is 264 g/mol. The van der Waals surface area contributed by atoms with Gasteiger partial charge >= 0.3 is 0 Å². The molecule has 0 unspecified atom stereocenters. The normalized spacial score (nSPS) is 16.2. The van der Waals surface area contributed by atoms with Crippen molar-refractivity contribution >= 4 is 5.82 Å². The van der Waals surface area contributed by atoms with Crippen LogP contribution in [-0.4, -0.2) is 47.9 Å². The monoisotopic (exact) mass is 284 g/mol. The van der Waals surface area contributed by atoms with E-state index < -0.39 is 0 Å². The van der Waals surface area contributed by atoms with Gasteiger partial charge in [-0.05, 0) is 26.1 Å². The van der Waals surface area contributed by atoms with Crippen molar-refractivity contribution in [3.8, 4) is 5.69 Å². The molecule has 21 heavy (non-hydrogen) atoms. The summed E-state index contributed by atoms with van der Waals surface area (Å²) in [6.07, 6.45) is 0. The molecule has 2 aromatic rings. The highest BCUT2D eigenvalue weighted by Gasteiger charge is 2.19. The van der Waals surface area contributed by atoms with E-state index in [1.165, 1.54) is 0 Å². The van der Waals surface area contributed by atoms with Gasteiger partial charge in [-0.1, -0.05) is 18.2 Å². The van der Waals surface area contributed by atoms with Gasteiger partial charge in [0, 0.05) is 37.9 Å². The van der Waals surface area contributed by atoms with Crippen LogP contribution in [0.5, 0.6) is 0 Å². The lowest BCUT2D eigenvalue weighted by molar-refractivity contribution is 0.311. The number of rotatable bonds is 2. The van der Waals surface area contributed by atoms with Crippen LogP contribution >= 0.6 is 0 Å². The molecule has 5 nitrogen and oxygen atoms in total. The summed E-state index contributed by atoms with van der Waals surface area (Å²) in [7, 11) is 2.10. The second-order valence-corrected chi connectivity index (χ2v) is 5.51. The molecule has 0 spiro atoms. The van der Waals surface area contributed by atoms with Gasteiger partial charge < -0.3 is 9.80 Å². The molecule has 3 rings (SSSR count). The topological polar surface area (TPSA) is 41.4 Å². The molecule has 0 bridgehead atoms. The lowest BCUT2D eigenvalue weighted by atomic mass is 10.3. The van der Waals surface area contributed by atoms with E-state index in [4.69, 9.17) is 0 Å². The van der Waals surface area contributed by atoms with E-state index in [9.17, 15) is 4.79 Å². The van der Waals surface area contributed by atoms with Gasteiger partial charge in [-0.25, -0.2) is 4.68 Å². The molecule has 0 amide bonds. The third-order valence-corrected chi connectivity index (χ3v) is 3.89. The van der Waals surface area contributed by atoms with Gasteiger partial charge in [0.05, 0.1) is 5.69 Å². The Balaban J connectivity index is 2.00. The predicted octanol–water partition coefficient (Wildman–Crippen LogP) is 1.29. The summed E-state index contributed by atoms with van der Waals surface area (Å²) in [5, 5.41) is 4.60. The number of anilines is 1. The number of benzene rings is 1. The quantitative estimate of drug-likeness (QED) is 0.833. The van der Waals surface area contributed by atoms with Crippen LogP contribution in [0.3, 0.4) is 0 Å². The van der Waals surface area contributed by atoms with E-state index in [-0.39, 0.29) is 5.43 Å². The third-order valence-electron chi connectivity index (χ3n) is 3.89. The highest BCUT2D eigenvalue weighted by atomic mass is 16.1. The first-order valence-corrected chi connectivity index (χ1v) is 7.25. The number of para-hydroxylation sites is 1. The fraction of sp³-hybridized carbons (Fsp3) is 0.375. The van der Waals surface area contributed by atoms with E-state index in [2.05, 4.69) is 21.9 Å². The molecule has 1 aromatic heterocycles. The number of aromatic nitrogens is 2. The molecular formula is C16H20N4O. The Hall–Kier alpha value is -2.14. The molecule has 0 saturated carbocycles. The molecule has 1 aliphatic heterocycles. The fourth-order valence-corrected chi connectivity index (χ4v) is 2.61. The van der Waals surface area contributed by atoms with Crippen molar-refractivity contribution in [3.05, 3.63) is 52.3 Å². The molecule has 2 heterocycles. The van der Waals surface area contributed by atoms with E-state index in [1.807, 2.05) is 41.9 Å². The Labute approximate surface area is 124 Å². The number of hydrogen-bond acceptors (Lipinski definition) is 4. The van der Waals surface area contributed by atoms with Crippen molar-refractivity contribution in [2.75, 3.05) is 38.1 Å². The first-order chi connectivity index (χ1) is 10.1. The Bertz CT molecular complexity index is 672. The van der Waals surface area contributed by atoms with E-state index >= 15 is 0 Å². The van der Waals surface area contributed by atoms with Crippen LogP contribution in [0.1, 0.15) is 5.69 Å². The zero-order valence-corrected chi connectivity index (χ0v) is 12.5. The van der Waals surface area contributed by atoms with Crippen molar-refractivity contribution in [2.24, 2.45) is 0 Å². The van der Waals surface area contributed by atoms with Crippen LogP contribution in [0.4, 0.5) is 5.82 Å². The summed E-state index contributed by atoms with van der Waals surface area (Å²) in [6.45, 7) is 5.52. The molecule has 1 aromatic carbocycles. The van der Waals surface area contributed by atoms with Crippen LogP contribution in [0.25, 0.3) is 5.69 Å². The number of aryl methyl sites for hydroxylation is 1. The van der Waals surface area contributed by atoms with Crippen LogP contribution in [0.15, 0.2) is 41.2 Å². The summed E-state index contributed by atoms with van der Waals surface area (Å²) >= 11 is 0. The summed E-state index contributed by atoms with van der Waals surface area (Å²) in [6, 6.07) is 11.6.